The van der Waals surface area contributed by atoms with E-state index in [0.29, 0.717) is 17.4 Å². The zero-order valence-corrected chi connectivity index (χ0v) is 12.7. The van der Waals surface area contributed by atoms with Gasteiger partial charge in [-0.2, -0.15) is 0 Å². The number of hydrogen-bond donors (Lipinski definition) is 2. The van der Waals surface area contributed by atoms with Crippen molar-refractivity contribution in [3.63, 3.8) is 0 Å². The molecule has 0 spiro atoms. The molecule has 0 unspecified atom stereocenters. The summed E-state index contributed by atoms with van der Waals surface area (Å²) in [6.45, 7) is 4.81. The van der Waals surface area contributed by atoms with Gasteiger partial charge in [-0.1, -0.05) is 6.92 Å². The van der Waals surface area contributed by atoms with E-state index in [-0.39, 0.29) is 12.5 Å². The van der Waals surface area contributed by atoms with Gasteiger partial charge in [0.05, 0.1) is 13.7 Å². The summed E-state index contributed by atoms with van der Waals surface area (Å²) in [7, 11) is 1.57. The van der Waals surface area contributed by atoms with Crippen molar-refractivity contribution in [3.05, 3.63) is 6.33 Å². The number of ether oxygens (including phenoxy) is 1. The fourth-order valence-corrected chi connectivity index (χ4v) is 2.30. The number of nitrogens with one attached hydrogen (secondary N) is 2. The molecule has 1 amide bonds. The maximum absolute atomic E-state index is 12.0. The summed E-state index contributed by atoms with van der Waals surface area (Å²) in [4.78, 5) is 22.2. The first-order chi connectivity index (χ1) is 10.3. The minimum atomic E-state index is 0.0937. The van der Waals surface area contributed by atoms with Gasteiger partial charge >= 0.3 is 0 Å². The van der Waals surface area contributed by atoms with Crippen molar-refractivity contribution in [2.75, 3.05) is 43.9 Å². The van der Waals surface area contributed by atoms with E-state index < -0.39 is 0 Å². The van der Waals surface area contributed by atoms with Crippen LogP contribution in [0.5, 0.6) is 5.75 Å². The molecule has 0 radical (unpaired) electrons. The topological polar surface area (TPSA) is 79.4 Å². The molecular weight excluding hydrogens is 270 g/mol. The van der Waals surface area contributed by atoms with E-state index in [2.05, 4.69) is 27.5 Å². The quantitative estimate of drug-likeness (QED) is 0.790. The minimum absolute atomic E-state index is 0.0937. The molecule has 0 saturated carbocycles. The van der Waals surface area contributed by atoms with Crippen molar-refractivity contribution in [2.24, 2.45) is 0 Å². The van der Waals surface area contributed by atoms with Crippen LogP contribution in [0.1, 0.15) is 26.2 Å². The van der Waals surface area contributed by atoms with Crippen LogP contribution in [0.15, 0.2) is 6.33 Å². The van der Waals surface area contributed by atoms with E-state index in [1.807, 2.05) is 4.90 Å². The molecule has 2 rings (SSSR count). The van der Waals surface area contributed by atoms with Crippen LogP contribution in [0, 0.1) is 0 Å². The van der Waals surface area contributed by atoms with Crippen LogP contribution in [0.3, 0.4) is 0 Å². The lowest BCUT2D eigenvalue weighted by atomic mass is 10.4. The summed E-state index contributed by atoms with van der Waals surface area (Å²) in [5.41, 5.74) is 0. The van der Waals surface area contributed by atoms with Crippen LogP contribution in [-0.4, -0.2) is 54.1 Å². The van der Waals surface area contributed by atoms with Crippen molar-refractivity contribution < 1.29 is 9.53 Å². The molecule has 21 heavy (non-hydrogen) atoms. The number of carbonyl (C=O) groups is 1. The van der Waals surface area contributed by atoms with Gasteiger partial charge in [-0.15, -0.1) is 0 Å². The third-order valence-corrected chi connectivity index (χ3v) is 3.42. The van der Waals surface area contributed by atoms with Crippen LogP contribution in [-0.2, 0) is 4.79 Å². The second-order valence-electron chi connectivity index (χ2n) is 4.97. The zero-order chi connectivity index (χ0) is 15.1. The van der Waals surface area contributed by atoms with E-state index in [1.54, 1.807) is 7.11 Å². The monoisotopic (exact) mass is 293 g/mol. The molecular formula is C14H23N5O2. The predicted octanol–water partition coefficient (Wildman–Crippen LogP) is 1.34. The molecule has 0 aliphatic carbocycles. The summed E-state index contributed by atoms with van der Waals surface area (Å²) in [5.74, 6) is 1.82. The number of carbonyl (C=O) groups excluding carboxylic acids is 1. The van der Waals surface area contributed by atoms with Gasteiger partial charge < -0.3 is 20.3 Å². The molecule has 1 aliphatic heterocycles. The standard InChI is InChI=1S/C14H23N5O2/c1-3-6-15-13-12(21-2)14(18-10-17-13)16-9-11(20)19-7-4-5-8-19/h10H,3-9H2,1-2H3,(H2,15,16,17,18). The van der Waals surface area contributed by atoms with Gasteiger partial charge in [-0.25, -0.2) is 9.97 Å². The molecule has 7 nitrogen and oxygen atoms in total. The Morgan fingerprint density at radius 1 is 1.29 bits per heavy atom. The average molecular weight is 293 g/mol. The number of rotatable bonds is 7. The van der Waals surface area contributed by atoms with E-state index in [9.17, 15) is 4.79 Å². The summed E-state index contributed by atoms with van der Waals surface area (Å²) in [5, 5.41) is 6.24. The first-order valence-electron chi connectivity index (χ1n) is 7.40. The van der Waals surface area contributed by atoms with Crippen molar-refractivity contribution in [1.29, 1.82) is 0 Å². The highest BCUT2D eigenvalue weighted by Crippen LogP contribution is 2.28. The number of anilines is 2. The fraction of sp³-hybridized carbons (Fsp3) is 0.643. The van der Waals surface area contributed by atoms with E-state index in [1.165, 1.54) is 6.33 Å². The Bertz CT molecular complexity index is 474. The first-order valence-corrected chi connectivity index (χ1v) is 7.40. The average Bonchev–Trinajstić information content (AvgIpc) is 3.04. The number of aromatic nitrogens is 2. The molecule has 1 saturated heterocycles. The van der Waals surface area contributed by atoms with Gasteiger partial charge in [0, 0.05) is 19.6 Å². The summed E-state index contributed by atoms with van der Waals surface area (Å²) < 4.78 is 5.36. The number of likely N-dealkylation sites (tertiary alicyclic amines) is 1. The van der Waals surface area contributed by atoms with Crippen LogP contribution in [0.4, 0.5) is 11.6 Å². The molecule has 0 bridgehead atoms. The first kappa shape index (κ1) is 15.3. The Hall–Kier alpha value is -2.05. The summed E-state index contributed by atoms with van der Waals surface area (Å²) in [6.07, 6.45) is 4.63. The van der Waals surface area contributed by atoms with Crippen molar-refractivity contribution in [2.45, 2.75) is 26.2 Å². The third-order valence-electron chi connectivity index (χ3n) is 3.42. The second kappa shape index (κ2) is 7.66. The molecule has 0 aromatic carbocycles. The predicted molar refractivity (Wildman–Crippen MR) is 81.7 cm³/mol. The van der Waals surface area contributed by atoms with Gasteiger partial charge in [0.2, 0.25) is 11.7 Å². The molecule has 1 aliphatic rings. The highest BCUT2D eigenvalue weighted by molar-refractivity contribution is 5.81. The SMILES string of the molecule is CCCNc1ncnc(NCC(=O)N2CCCC2)c1OC. The summed E-state index contributed by atoms with van der Waals surface area (Å²) in [6, 6.07) is 0. The number of methoxy groups -OCH3 is 1. The number of hydrogen-bond acceptors (Lipinski definition) is 6. The maximum Gasteiger partial charge on any atom is 0.241 e. The Kier molecular flexibility index (Phi) is 5.59. The molecule has 2 N–H and O–H groups in total. The molecule has 116 valence electrons. The number of nitrogens with zero attached hydrogens (tertiary/aromatic N) is 3. The largest absolute Gasteiger partial charge is 0.490 e. The molecule has 1 fully saturated rings. The van der Waals surface area contributed by atoms with Crippen LogP contribution >= 0.6 is 0 Å². The minimum Gasteiger partial charge on any atom is -0.490 e. The molecule has 0 atom stereocenters. The Balaban J connectivity index is 1.99. The van der Waals surface area contributed by atoms with Crippen molar-refractivity contribution >= 4 is 17.5 Å². The van der Waals surface area contributed by atoms with Gasteiger partial charge in [0.25, 0.3) is 0 Å². The Morgan fingerprint density at radius 2 is 1.95 bits per heavy atom. The van der Waals surface area contributed by atoms with Crippen molar-refractivity contribution in [3.8, 4) is 5.75 Å². The van der Waals surface area contributed by atoms with Gasteiger partial charge in [0.15, 0.2) is 11.6 Å². The van der Waals surface area contributed by atoms with E-state index in [4.69, 9.17) is 4.74 Å². The molecule has 2 heterocycles. The smallest absolute Gasteiger partial charge is 0.241 e. The third kappa shape index (κ3) is 3.96. The van der Waals surface area contributed by atoms with Crippen molar-refractivity contribution in [1.82, 2.24) is 14.9 Å². The summed E-state index contributed by atoms with van der Waals surface area (Å²) >= 11 is 0. The Labute approximate surface area is 125 Å². The lowest BCUT2D eigenvalue weighted by Crippen LogP contribution is -2.33. The lowest BCUT2D eigenvalue weighted by molar-refractivity contribution is -0.128. The lowest BCUT2D eigenvalue weighted by Gasteiger charge is -2.17. The highest BCUT2D eigenvalue weighted by atomic mass is 16.5. The van der Waals surface area contributed by atoms with Crippen LogP contribution < -0.4 is 15.4 Å². The van der Waals surface area contributed by atoms with Gasteiger partial charge in [-0.3, -0.25) is 4.79 Å². The fourth-order valence-electron chi connectivity index (χ4n) is 2.30. The van der Waals surface area contributed by atoms with Crippen LogP contribution in [0.2, 0.25) is 0 Å². The van der Waals surface area contributed by atoms with E-state index in [0.717, 1.165) is 38.9 Å². The molecule has 7 heteroatoms. The molecule has 1 aromatic heterocycles. The Morgan fingerprint density at radius 3 is 2.57 bits per heavy atom. The van der Waals surface area contributed by atoms with E-state index >= 15 is 0 Å². The van der Waals surface area contributed by atoms with Gasteiger partial charge in [-0.05, 0) is 19.3 Å². The second-order valence-corrected chi connectivity index (χ2v) is 4.97. The molecule has 1 aromatic rings. The maximum atomic E-state index is 12.0. The zero-order valence-electron chi connectivity index (χ0n) is 12.7. The van der Waals surface area contributed by atoms with Crippen LogP contribution in [0.25, 0.3) is 0 Å². The highest BCUT2D eigenvalue weighted by Gasteiger charge is 2.19. The van der Waals surface area contributed by atoms with Gasteiger partial charge in [0.1, 0.15) is 6.33 Å². The number of amides is 1. The normalized spacial score (nSPS) is 14.1.